The smallest absolute Gasteiger partial charge is 0.253 e. The molecule has 0 fully saturated rings. The lowest BCUT2D eigenvalue weighted by Crippen LogP contribution is -2.42. The third-order valence-corrected chi connectivity index (χ3v) is 6.83. The average molecular weight is 429 g/mol. The summed E-state index contributed by atoms with van der Waals surface area (Å²) in [6.45, 7) is 2.23. The maximum atomic E-state index is 13.1. The molecule has 30 heavy (non-hydrogen) atoms. The van der Waals surface area contributed by atoms with Gasteiger partial charge in [0.1, 0.15) is 0 Å². The molecule has 8 heteroatoms. The van der Waals surface area contributed by atoms with Crippen molar-refractivity contribution in [2.75, 3.05) is 27.0 Å². The largest absolute Gasteiger partial charge is 0.493 e. The van der Waals surface area contributed by atoms with Crippen LogP contribution in [-0.4, -0.2) is 44.7 Å². The molecule has 4 rings (SSSR count). The first kappa shape index (κ1) is 20.4. The van der Waals surface area contributed by atoms with Crippen LogP contribution in [-0.2, 0) is 16.4 Å². The van der Waals surface area contributed by atoms with Crippen LogP contribution in [0.2, 0.25) is 0 Å². The fraction of sp³-hybridized carbons (Fsp3) is 0.318. The van der Waals surface area contributed by atoms with Crippen molar-refractivity contribution in [3.8, 4) is 11.5 Å². The third kappa shape index (κ3) is 3.46. The summed E-state index contributed by atoms with van der Waals surface area (Å²) in [6, 6.07) is 10.4. The number of methoxy groups -OCH3 is 2. The van der Waals surface area contributed by atoms with Gasteiger partial charge in [0.15, 0.2) is 11.5 Å². The predicted octanol–water partition coefficient (Wildman–Crippen LogP) is 2.76. The molecule has 0 radical (unpaired) electrons. The molecule has 0 unspecified atom stereocenters. The molecule has 1 aliphatic heterocycles. The molecule has 7 nitrogen and oxygen atoms in total. The molecule has 158 valence electrons. The van der Waals surface area contributed by atoms with Crippen LogP contribution in [0.15, 0.2) is 41.2 Å². The first-order chi connectivity index (χ1) is 14.2. The van der Waals surface area contributed by atoms with Crippen molar-refractivity contribution in [1.29, 1.82) is 0 Å². The topological polar surface area (TPSA) is 88.7 Å². The van der Waals surface area contributed by atoms with E-state index in [0.29, 0.717) is 23.5 Å². The molecular formula is C22H24N2O5S. The van der Waals surface area contributed by atoms with E-state index in [-0.39, 0.29) is 12.1 Å². The second kappa shape index (κ2) is 7.45. The van der Waals surface area contributed by atoms with Gasteiger partial charge in [0, 0.05) is 17.6 Å². The maximum absolute atomic E-state index is 13.1. The zero-order valence-corrected chi connectivity index (χ0v) is 18.2. The highest BCUT2D eigenvalue weighted by atomic mass is 32.2. The second-order valence-electron chi connectivity index (χ2n) is 7.58. The first-order valence-electron chi connectivity index (χ1n) is 9.58. The number of aromatic amines is 1. The van der Waals surface area contributed by atoms with E-state index in [4.69, 9.17) is 9.47 Å². The van der Waals surface area contributed by atoms with E-state index in [9.17, 15) is 13.2 Å². The molecule has 1 N–H and O–H groups in total. The first-order valence-corrected chi connectivity index (χ1v) is 11.4. The standard InChI is InChI=1S/C22H24N2O5S/c1-13-5-6-15-10-17(22(25)23-18(15)9-13)21-16-12-20(29-3)19(28-2)11-14(16)7-8-24(21)30(4,26)27/h5-6,9-12,21H,7-8H2,1-4H3,(H,23,25)/t21-/m0/s1. The predicted molar refractivity (Wildman–Crippen MR) is 116 cm³/mol. The Morgan fingerprint density at radius 3 is 2.40 bits per heavy atom. The summed E-state index contributed by atoms with van der Waals surface area (Å²) >= 11 is 0. The van der Waals surface area contributed by atoms with E-state index in [1.807, 2.05) is 31.2 Å². The summed E-state index contributed by atoms with van der Waals surface area (Å²) in [5, 5.41) is 0.844. The SMILES string of the molecule is COc1cc2c(cc1OC)[C@@H](c1cc3ccc(C)cc3[nH]c1=O)N(S(C)(=O)=O)CC2. The summed E-state index contributed by atoms with van der Waals surface area (Å²) in [5.74, 6) is 1.06. The Kier molecular flexibility index (Phi) is 5.07. The van der Waals surface area contributed by atoms with Gasteiger partial charge in [0.05, 0.1) is 26.5 Å². The maximum Gasteiger partial charge on any atom is 0.253 e. The normalized spacial score (nSPS) is 17.0. The van der Waals surface area contributed by atoms with Crippen LogP contribution in [0, 0.1) is 6.92 Å². The summed E-state index contributed by atoms with van der Waals surface area (Å²) in [5.41, 5.74) is 3.48. The van der Waals surface area contributed by atoms with Crippen molar-refractivity contribution >= 4 is 20.9 Å². The van der Waals surface area contributed by atoms with Crippen LogP contribution in [0.1, 0.15) is 28.3 Å². The summed E-state index contributed by atoms with van der Waals surface area (Å²) in [7, 11) is -0.481. The number of ether oxygens (including phenoxy) is 2. The highest BCUT2D eigenvalue weighted by molar-refractivity contribution is 7.88. The summed E-state index contributed by atoms with van der Waals surface area (Å²) in [4.78, 5) is 16.0. The van der Waals surface area contributed by atoms with Crippen LogP contribution in [0.4, 0.5) is 0 Å². The van der Waals surface area contributed by atoms with Gasteiger partial charge < -0.3 is 14.5 Å². The fourth-order valence-corrected chi connectivity index (χ4v) is 5.17. The van der Waals surface area contributed by atoms with Gasteiger partial charge in [-0.25, -0.2) is 8.42 Å². The second-order valence-corrected chi connectivity index (χ2v) is 9.51. The van der Waals surface area contributed by atoms with E-state index >= 15 is 0 Å². The van der Waals surface area contributed by atoms with Gasteiger partial charge in [-0.05, 0) is 59.7 Å². The molecule has 0 saturated heterocycles. The number of aromatic nitrogens is 1. The number of nitrogens with zero attached hydrogens (tertiary/aromatic N) is 1. The molecule has 1 aliphatic rings. The minimum atomic E-state index is -3.57. The van der Waals surface area contributed by atoms with Crippen molar-refractivity contribution in [1.82, 2.24) is 9.29 Å². The van der Waals surface area contributed by atoms with E-state index in [0.717, 1.165) is 27.6 Å². The van der Waals surface area contributed by atoms with Gasteiger partial charge in [-0.1, -0.05) is 12.1 Å². The number of pyridine rings is 1. The molecule has 3 aromatic rings. The van der Waals surface area contributed by atoms with Gasteiger partial charge >= 0.3 is 0 Å². The number of hydrogen-bond donors (Lipinski definition) is 1. The number of hydrogen-bond acceptors (Lipinski definition) is 5. The van der Waals surface area contributed by atoms with Crippen molar-refractivity contribution in [3.63, 3.8) is 0 Å². The van der Waals surface area contributed by atoms with Gasteiger partial charge in [-0.2, -0.15) is 4.31 Å². The quantitative estimate of drug-likeness (QED) is 0.690. The molecule has 1 aromatic heterocycles. The van der Waals surface area contributed by atoms with Crippen LogP contribution >= 0.6 is 0 Å². The molecule has 0 saturated carbocycles. The van der Waals surface area contributed by atoms with Gasteiger partial charge in [-0.3, -0.25) is 4.79 Å². The van der Waals surface area contributed by atoms with Crippen molar-refractivity contribution in [3.05, 3.63) is 69.0 Å². The Balaban J connectivity index is 2.00. The molecule has 0 aliphatic carbocycles. The van der Waals surface area contributed by atoms with Crippen molar-refractivity contribution in [2.24, 2.45) is 0 Å². The number of rotatable bonds is 4. The number of sulfonamides is 1. The molecule has 1 atom stereocenters. The van der Waals surface area contributed by atoms with Crippen molar-refractivity contribution in [2.45, 2.75) is 19.4 Å². The Labute approximate surface area is 175 Å². The highest BCUT2D eigenvalue weighted by Crippen LogP contribution is 2.41. The number of fused-ring (bicyclic) bond motifs is 2. The lowest BCUT2D eigenvalue weighted by molar-refractivity contribution is 0.332. The molecule has 0 spiro atoms. The zero-order chi connectivity index (χ0) is 21.6. The van der Waals surface area contributed by atoms with Gasteiger partial charge in [-0.15, -0.1) is 0 Å². The summed E-state index contributed by atoms with van der Waals surface area (Å²) < 4.78 is 37.5. The molecule has 2 aromatic carbocycles. The van der Waals surface area contributed by atoms with Crippen LogP contribution in [0.5, 0.6) is 11.5 Å². The lowest BCUT2D eigenvalue weighted by atomic mass is 9.89. The van der Waals surface area contributed by atoms with Gasteiger partial charge in [0.25, 0.3) is 5.56 Å². The minimum Gasteiger partial charge on any atom is -0.493 e. The van der Waals surface area contributed by atoms with Crippen LogP contribution in [0.25, 0.3) is 10.9 Å². The molecule has 0 bridgehead atoms. The van der Waals surface area contributed by atoms with E-state index in [1.165, 1.54) is 17.7 Å². The molecule has 2 heterocycles. The Morgan fingerprint density at radius 1 is 1.03 bits per heavy atom. The van der Waals surface area contributed by atoms with Crippen LogP contribution in [0.3, 0.4) is 0 Å². The fourth-order valence-electron chi connectivity index (χ4n) is 4.14. The lowest BCUT2D eigenvalue weighted by Gasteiger charge is -2.36. The monoisotopic (exact) mass is 428 g/mol. The highest BCUT2D eigenvalue weighted by Gasteiger charge is 2.37. The van der Waals surface area contributed by atoms with Gasteiger partial charge in [0.2, 0.25) is 10.0 Å². The van der Waals surface area contributed by atoms with Crippen LogP contribution < -0.4 is 15.0 Å². The summed E-state index contributed by atoms with van der Waals surface area (Å²) in [6.07, 6.45) is 1.69. The average Bonchev–Trinajstić information content (AvgIpc) is 2.70. The molecule has 0 amide bonds. The van der Waals surface area contributed by atoms with Crippen molar-refractivity contribution < 1.29 is 17.9 Å². The third-order valence-electron chi connectivity index (χ3n) is 5.58. The number of H-pyrrole nitrogens is 1. The Hall–Kier alpha value is -2.84. The molecular weight excluding hydrogens is 404 g/mol. The van der Waals surface area contributed by atoms with E-state index < -0.39 is 16.1 Å². The Morgan fingerprint density at radius 2 is 1.73 bits per heavy atom. The number of benzene rings is 2. The zero-order valence-electron chi connectivity index (χ0n) is 17.4. The number of aryl methyl sites for hydroxylation is 1. The Bertz CT molecular complexity index is 1300. The van der Waals surface area contributed by atoms with E-state index in [1.54, 1.807) is 19.2 Å². The number of nitrogens with one attached hydrogen (secondary N) is 1. The van der Waals surface area contributed by atoms with E-state index in [2.05, 4.69) is 4.98 Å². The minimum absolute atomic E-state index is 0.275.